The molecule has 0 aromatic rings. The van der Waals surface area contributed by atoms with E-state index in [2.05, 4.69) is 5.32 Å². The number of hydrogen-bond acceptors (Lipinski definition) is 2. The first-order valence-electron chi connectivity index (χ1n) is 2.78. The van der Waals surface area contributed by atoms with E-state index in [1.165, 1.54) is 0 Å². The SMILES string of the molecule is CC1(C)C[N+](=O)C(=O)N1. The molecule has 4 nitrogen and oxygen atoms in total. The third-order valence-electron chi connectivity index (χ3n) is 1.21. The molecule has 1 N–H and O–H groups in total. The Morgan fingerprint density at radius 1 is 1.67 bits per heavy atom. The molecule has 1 saturated heterocycles. The highest BCUT2D eigenvalue weighted by Crippen LogP contribution is 2.08. The first-order valence-corrected chi connectivity index (χ1v) is 2.78. The summed E-state index contributed by atoms with van der Waals surface area (Å²) in [6.45, 7) is 3.86. The molecule has 1 fully saturated rings. The van der Waals surface area contributed by atoms with E-state index in [1.807, 2.05) is 13.8 Å². The Morgan fingerprint density at radius 3 is 2.33 bits per heavy atom. The van der Waals surface area contributed by atoms with Crippen molar-refractivity contribution in [2.24, 2.45) is 0 Å². The van der Waals surface area contributed by atoms with Gasteiger partial charge in [0.15, 0.2) is 6.54 Å². The van der Waals surface area contributed by atoms with Crippen LogP contribution in [0.2, 0.25) is 0 Å². The summed E-state index contributed by atoms with van der Waals surface area (Å²) in [5.74, 6) is 0. The van der Waals surface area contributed by atoms with Gasteiger partial charge in [-0.1, -0.05) is 4.91 Å². The molecule has 2 amide bonds. The van der Waals surface area contributed by atoms with E-state index in [9.17, 15) is 9.70 Å². The van der Waals surface area contributed by atoms with Gasteiger partial charge < -0.3 is 0 Å². The van der Waals surface area contributed by atoms with Crippen molar-refractivity contribution in [1.82, 2.24) is 5.32 Å². The van der Waals surface area contributed by atoms with Gasteiger partial charge in [0.2, 0.25) is 0 Å². The van der Waals surface area contributed by atoms with Crippen molar-refractivity contribution in [3.8, 4) is 0 Å². The lowest BCUT2D eigenvalue weighted by atomic mass is 10.1. The van der Waals surface area contributed by atoms with Gasteiger partial charge >= 0.3 is 6.03 Å². The van der Waals surface area contributed by atoms with Crippen LogP contribution in [0, 0.1) is 4.91 Å². The van der Waals surface area contributed by atoms with Crippen LogP contribution in [0.15, 0.2) is 0 Å². The number of hydrogen-bond donors (Lipinski definition) is 1. The molecule has 9 heavy (non-hydrogen) atoms. The maximum absolute atomic E-state index is 10.5. The second kappa shape index (κ2) is 1.52. The van der Waals surface area contributed by atoms with Crippen LogP contribution in [0.4, 0.5) is 4.79 Å². The van der Waals surface area contributed by atoms with E-state index in [0.717, 1.165) is 0 Å². The molecule has 0 atom stereocenters. The summed E-state index contributed by atoms with van der Waals surface area (Å²) in [7, 11) is 0. The van der Waals surface area contributed by atoms with Crippen molar-refractivity contribution in [2.45, 2.75) is 19.4 Å². The average molecular weight is 129 g/mol. The summed E-state index contributed by atoms with van der Waals surface area (Å²) in [6.07, 6.45) is 0. The van der Waals surface area contributed by atoms with E-state index in [4.69, 9.17) is 0 Å². The summed E-state index contributed by atoms with van der Waals surface area (Å²) in [5.41, 5.74) is -0.348. The van der Waals surface area contributed by atoms with Gasteiger partial charge in [0.1, 0.15) is 5.54 Å². The summed E-state index contributed by atoms with van der Waals surface area (Å²) in [6, 6.07) is -0.528. The van der Waals surface area contributed by atoms with Crippen LogP contribution in [-0.2, 0) is 0 Å². The lowest BCUT2D eigenvalue weighted by Crippen LogP contribution is -2.36. The molecular formula is C5H9N2O2+. The highest BCUT2D eigenvalue weighted by Gasteiger charge is 2.43. The van der Waals surface area contributed by atoms with Crippen LogP contribution in [0.3, 0.4) is 0 Å². The number of nitrogens with one attached hydrogen (secondary N) is 1. The van der Waals surface area contributed by atoms with Crippen LogP contribution in [0.1, 0.15) is 13.8 Å². The Hall–Kier alpha value is -0.930. The van der Waals surface area contributed by atoms with Gasteiger partial charge in [-0.3, -0.25) is 0 Å². The molecule has 1 aliphatic rings. The Morgan fingerprint density at radius 2 is 2.22 bits per heavy atom. The van der Waals surface area contributed by atoms with Gasteiger partial charge in [-0.05, 0) is 13.8 Å². The molecule has 50 valence electrons. The van der Waals surface area contributed by atoms with Crippen LogP contribution < -0.4 is 5.32 Å². The van der Waals surface area contributed by atoms with E-state index < -0.39 is 6.03 Å². The smallest absolute Gasteiger partial charge is 0.226 e. The highest BCUT2D eigenvalue weighted by atomic mass is 16.3. The van der Waals surface area contributed by atoms with Crippen molar-refractivity contribution in [3.63, 3.8) is 0 Å². The minimum atomic E-state index is -0.528. The van der Waals surface area contributed by atoms with Gasteiger partial charge in [0, 0.05) is 4.76 Å². The molecule has 1 heterocycles. The number of carbonyl (C=O) groups excluding carboxylic acids is 1. The first kappa shape index (κ1) is 6.19. The molecule has 0 radical (unpaired) electrons. The number of urea groups is 1. The van der Waals surface area contributed by atoms with Crippen molar-refractivity contribution in [2.75, 3.05) is 6.54 Å². The van der Waals surface area contributed by atoms with Crippen molar-refractivity contribution in [1.29, 1.82) is 0 Å². The quantitative estimate of drug-likeness (QED) is 0.477. The maximum atomic E-state index is 10.5. The van der Waals surface area contributed by atoms with Gasteiger partial charge in [-0.2, -0.15) is 4.79 Å². The van der Waals surface area contributed by atoms with Gasteiger partial charge in [0.05, 0.1) is 0 Å². The Balaban J connectivity index is 2.76. The largest absolute Gasteiger partial charge is 0.530 e. The van der Waals surface area contributed by atoms with Gasteiger partial charge in [0.25, 0.3) is 0 Å². The molecule has 1 rings (SSSR count). The maximum Gasteiger partial charge on any atom is 0.530 e. The minimum Gasteiger partial charge on any atom is -0.226 e. The standard InChI is InChI=1S/C5H8N2O2/c1-5(2)3-7(9)4(8)6-5/h3H2,1-2H3/p+1. The third-order valence-corrected chi connectivity index (χ3v) is 1.21. The Bertz CT molecular complexity index is 156. The third kappa shape index (κ3) is 1.06. The van der Waals surface area contributed by atoms with Crippen LogP contribution in [0.25, 0.3) is 0 Å². The zero-order valence-corrected chi connectivity index (χ0v) is 5.47. The lowest BCUT2D eigenvalue weighted by Gasteiger charge is -2.04. The fraction of sp³-hybridized carbons (Fsp3) is 0.800. The second-order valence-electron chi connectivity index (χ2n) is 2.85. The molecule has 0 aromatic heterocycles. The van der Waals surface area contributed by atoms with Crippen LogP contribution in [0.5, 0.6) is 0 Å². The molecule has 0 aliphatic carbocycles. The molecule has 0 saturated carbocycles. The summed E-state index contributed by atoms with van der Waals surface area (Å²) >= 11 is 0. The zero-order chi connectivity index (χ0) is 7.07. The molecular weight excluding hydrogens is 120 g/mol. The molecule has 0 aromatic carbocycles. The van der Waals surface area contributed by atoms with Crippen LogP contribution >= 0.6 is 0 Å². The molecule has 0 unspecified atom stereocenters. The fourth-order valence-electron chi connectivity index (χ4n) is 0.822. The van der Waals surface area contributed by atoms with Crippen molar-refractivity contribution in [3.05, 3.63) is 4.91 Å². The van der Waals surface area contributed by atoms with E-state index in [-0.39, 0.29) is 12.1 Å². The monoisotopic (exact) mass is 129 g/mol. The first-order chi connectivity index (χ1) is 4.01. The molecule has 0 bridgehead atoms. The predicted octanol–water partition coefficient (Wildman–Crippen LogP) is 0.267. The lowest BCUT2D eigenvalue weighted by molar-refractivity contribution is -0.438. The number of rotatable bonds is 0. The Labute approximate surface area is 52.8 Å². The van der Waals surface area contributed by atoms with Gasteiger partial charge in [-0.25, -0.2) is 5.32 Å². The number of amides is 2. The Kier molecular flexibility index (Phi) is 1.05. The van der Waals surface area contributed by atoms with E-state index in [0.29, 0.717) is 4.76 Å². The molecule has 1 aliphatic heterocycles. The summed E-state index contributed by atoms with van der Waals surface area (Å²) < 4.78 is 0.431. The zero-order valence-electron chi connectivity index (χ0n) is 5.47. The average Bonchev–Trinajstić information content (AvgIpc) is 1.79. The van der Waals surface area contributed by atoms with Crippen molar-refractivity contribution >= 4 is 6.03 Å². The molecule has 4 heteroatoms. The van der Waals surface area contributed by atoms with Crippen molar-refractivity contribution < 1.29 is 9.55 Å². The number of carbonyl (C=O) groups is 1. The van der Waals surface area contributed by atoms with Gasteiger partial charge in [-0.15, -0.1) is 0 Å². The number of nitrogens with zero attached hydrogens (tertiary/aromatic N) is 1. The topological polar surface area (TPSA) is 49.2 Å². The minimum absolute atomic E-state index is 0.242. The molecule has 0 spiro atoms. The van der Waals surface area contributed by atoms with E-state index in [1.54, 1.807) is 0 Å². The highest BCUT2D eigenvalue weighted by molar-refractivity contribution is 5.67. The predicted molar refractivity (Wildman–Crippen MR) is 31.1 cm³/mol. The second-order valence-corrected chi connectivity index (χ2v) is 2.85. The normalized spacial score (nSPS) is 24.2. The number of nitroso groups, excluding NO2 is 1. The van der Waals surface area contributed by atoms with Crippen LogP contribution in [-0.4, -0.2) is 22.9 Å². The fourth-order valence-corrected chi connectivity index (χ4v) is 0.822. The summed E-state index contributed by atoms with van der Waals surface area (Å²) in [5, 5.41) is 2.52. The van der Waals surface area contributed by atoms with E-state index >= 15 is 0 Å². The summed E-state index contributed by atoms with van der Waals surface area (Å²) in [4.78, 5) is 21.0.